The molecule has 1 N–H and O–H groups in total. The van der Waals surface area contributed by atoms with Crippen LogP contribution in [-0.4, -0.2) is 27.5 Å². The molecular weight excluding hydrogens is 446 g/mol. The number of rotatable bonds is 6. The van der Waals surface area contributed by atoms with Gasteiger partial charge in [-0.15, -0.1) is 23.1 Å². The maximum atomic E-state index is 13.3. The topological polar surface area (TPSA) is 64.0 Å². The van der Waals surface area contributed by atoms with Crippen LogP contribution in [0.5, 0.6) is 0 Å². The molecule has 0 aliphatic rings. The number of aromatic nitrogens is 2. The largest absolute Gasteiger partial charge is 0.325 e. The van der Waals surface area contributed by atoms with E-state index < -0.39 is 0 Å². The lowest BCUT2D eigenvalue weighted by molar-refractivity contribution is -0.113. The van der Waals surface area contributed by atoms with E-state index in [2.05, 4.69) is 11.4 Å². The van der Waals surface area contributed by atoms with Crippen LogP contribution < -0.4 is 10.9 Å². The Balaban J connectivity index is 1.65. The van der Waals surface area contributed by atoms with Gasteiger partial charge in [-0.3, -0.25) is 14.2 Å². The number of hydrogen-bond donors (Lipinski definition) is 1. The van der Waals surface area contributed by atoms with E-state index in [-0.39, 0.29) is 17.2 Å². The van der Waals surface area contributed by atoms with Crippen LogP contribution in [-0.2, 0) is 4.79 Å². The zero-order valence-electron chi connectivity index (χ0n) is 17.3. The number of nitrogens with zero attached hydrogens (tertiary/aromatic N) is 2. The number of fused-ring (bicyclic) bond motifs is 1. The van der Waals surface area contributed by atoms with Gasteiger partial charge in [-0.05, 0) is 73.0 Å². The van der Waals surface area contributed by atoms with Crippen LogP contribution in [0.15, 0.2) is 68.8 Å². The van der Waals surface area contributed by atoms with Crippen molar-refractivity contribution >= 4 is 56.7 Å². The van der Waals surface area contributed by atoms with Gasteiger partial charge in [-0.25, -0.2) is 4.98 Å². The lowest BCUT2D eigenvalue weighted by Crippen LogP contribution is -2.22. The summed E-state index contributed by atoms with van der Waals surface area (Å²) in [6.45, 7) is 4.00. The molecule has 0 unspecified atom stereocenters. The summed E-state index contributed by atoms with van der Waals surface area (Å²) in [5, 5.41) is 5.30. The Labute approximate surface area is 192 Å². The van der Waals surface area contributed by atoms with Gasteiger partial charge in [0.1, 0.15) is 4.70 Å². The number of thioether (sulfide) groups is 2. The van der Waals surface area contributed by atoms with Crippen LogP contribution in [0.2, 0.25) is 0 Å². The van der Waals surface area contributed by atoms with Gasteiger partial charge in [0.2, 0.25) is 5.91 Å². The molecule has 0 saturated carbocycles. The Bertz CT molecular complexity index is 1310. The van der Waals surface area contributed by atoms with Crippen molar-refractivity contribution in [2.75, 3.05) is 17.3 Å². The summed E-state index contributed by atoms with van der Waals surface area (Å²) in [5.41, 5.74) is 4.20. The van der Waals surface area contributed by atoms with Crippen LogP contribution in [0.25, 0.3) is 15.9 Å². The molecule has 158 valence electrons. The van der Waals surface area contributed by atoms with Gasteiger partial charge in [0.15, 0.2) is 5.16 Å². The standard InChI is InChI=1S/C23H21N3O2S3/c1-14-9-15(2)11-17(10-14)26-22(28)21-19(7-8-30-21)25-23(26)31-13-20(27)24-16-5-4-6-18(12-16)29-3/h4-12H,13H2,1-3H3,(H,24,27). The van der Waals surface area contributed by atoms with Crippen molar-refractivity contribution in [2.45, 2.75) is 23.9 Å². The predicted octanol–water partition coefficient (Wildman–Crippen LogP) is 5.52. The Morgan fingerprint density at radius 1 is 1.13 bits per heavy atom. The fraction of sp³-hybridized carbons (Fsp3) is 0.174. The first-order chi connectivity index (χ1) is 14.9. The molecule has 4 aromatic rings. The van der Waals surface area contributed by atoms with Crippen LogP contribution in [0.4, 0.5) is 5.69 Å². The highest BCUT2D eigenvalue weighted by atomic mass is 32.2. The minimum absolute atomic E-state index is 0.111. The molecule has 0 saturated heterocycles. The zero-order valence-corrected chi connectivity index (χ0v) is 19.8. The van der Waals surface area contributed by atoms with Crippen LogP contribution >= 0.6 is 34.9 Å². The summed E-state index contributed by atoms with van der Waals surface area (Å²) in [6, 6.07) is 15.6. The Kier molecular flexibility index (Phi) is 6.50. The van der Waals surface area contributed by atoms with E-state index in [1.807, 2.05) is 67.9 Å². The van der Waals surface area contributed by atoms with Gasteiger partial charge in [0.25, 0.3) is 5.56 Å². The summed E-state index contributed by atoms with van der Waals surface area (Å²) in [7, 11) is 0. The number of benzene rings is 2. The normalized spacial score (nSPS) is 11.1. The number of anilines is 1. The quantitative estimate of drug-likeness (QED) is 0.299. The summed E-state index contributed by atoms with van der Waals surface area (Å²) < 4.78 is 2.23. The molecule has 2 aromatic carbocycles. The van der Waals surface area contributed by atoms with E-state index in [9.17, 15) is 9.59 Å². The molecule has 4 rings (SSSR count). The summed E-state index contributed by atoms with van der Waals surface area (Å²) in [4.78, 5) is 31.6. The SMILES string of the molecule is CSc1cccc(NC(=O)CSc2nc3ccsc3c(=O)n2-c2cc(C)cc(C)c2)c1. The van der Waals surface area contributed by atoms with Gasteiger partial charge in [-0.2, -0.15) is 0 Å². The van der Waals surface area contributed by atoms with Crippen molar-refractivity contribution in [3.63, 3.8) is 0 Å². The number of aryl methyl sites for hydroxylation is 2. The molecule has 0 radical (unpaired) electrons. The molecule has 0 bridgehead atoms. The van der Waals surface area contributed by atoms with Crippen LogP contribution in [0, 0.1) is 13.8 Å². The second-order valence-corrected chi connectivity index (χ2v) is 9.82. The molecule has 2 heterocycles. The fourth-order valence-corrected chi connectivity index (χ4v) is 5.36. The molecule has 5 nitrogen and oxygen atoms in total. The fourth-order valence-electron chi connectivity index (χ4n) is 3.32. The number of nitrogens with one attached hydrogen (secondary N) is 1. The maximum Gasteiger partial charge on any atom is 0.276 e. The van der Waals surface area contributed by atoms with Crippen LogP contribution in [0.3, 0.4) is 0 Å². The third-order valence-electron chi connectivity index (χ3n) is 4.60. The average Bonchev–Trinajstić information content (AvgIpc) is 3.20. The number of thiophene rings is 1. The van der Waals surface area contributed by atoms with Gasteiger partial charge < -0.3 is 5.32 Å². The Morgan fingerprint density at radius 3 is 2.65 bits per heavy atom. The van der Waals surface area contributed by atoms with Crippen molar-refractivity contribution in [1.29, 1.82) is 0 Å². The molecule has 31 heavy (non-hydrogen) atoms. The lowest BCUT2D eigenvalue weighted by atomic mass is 10.1. The second-order valence-electron chi connectivity index (χ2n) is 7.08. The van der Waals surface area contributed by atoms with Crippen LogP contribution in [0.1, 0.15) is 11.1 Å². The second kappa shape index (κ2) is 9.30. The van der Waals surface area contributed by atoms with Crippen molar-refractivity contribution in [2.24, 2.45) is 0 Å². The van der Waals surface area contributed by atoms with Crippen molar-refractivity contribution < 1.29 is 4.79 Å². The van der Waals surface area contributed by atoms with Crippen molar-refractivity contribution in [3.05, 3.63) is 75.4 Å². The van der Waals surface area contributed by atoms with E-state index in [0.29, 0.717) is 15.4 Å². The first kappa shape index (κ1) is 21.7. The predicted molar refractivity (Wildman–Crippen MR) is 132 cm³/mol. The van der Waals surface area contributed by atoms with E-state index in [0.717, 1.165) is 27.4 Å². The van der Waals surface area contributed by atoms with E-state index in [4.69, 9.17) is 4.98 Å². The van der Waals surface area contributed by atoms with Gasteiger partial charge in [0.05, 0.1) is 17.0 Å². The first-order valence-electron chi connectivity index (χ1n) is 9.60. The highest BCUT2D eigenvalue weighted by molar-refractivity contribution is 7.99. The van der Waals surface area contributed by atoms with E-state index in [1.165, 1.54) is 23.1 Å². The monoisotopic (exact) mass is 467 g/mol. The number of hydrogen-bond acceptors (Lipinski definition) is 6. The Hall–Kier alpha value is -2.55. The molecule has 0 atom stereocenters. The highest BCUT2D eigenvalue weighted by Gasteiger charge is 2.16. The Morgan fingerprint density at radius 2 is 1.90 bits per heavy atom. The number of amides is 1. The third-order valence-corrected chi connectivity index (χ3v) is 7.16. The molecule has 8 heteroatoms. The number of carbonyl (C=O) groups excluding carboxylic acids is 1. The highest BCUT2D eigenvalue weighted by Crippen LogP contribution is 2.25. The molecule has 1 amide bonds. The molecule has 0 aliphatic carbocycles. The molecule has 2 aromatic heterocycles. The molecule has 0 aliphatic heterocycles. The first-order valence-corrected chi connectivity index (χ1v) is 12.7. The lowest BCUT2D eigenvalue weighted by Gasteiger charge is -2.13. The van der Waals surface area contributed by atoms with Gasteiger partial charge in [0, 0.05) is 10.6 Å². The molecule has 0 spiro atoms. The maximum absolute atomic E-state index is 13.3. The van der Waals surface area contributed by atoms with E-state index in [1.54, 1.807) is 16.3 Å². The van der Waals surface area contributed by atoms with Crippen molar-refractivity contribution in [3.8, 4) is 5.69 Å². The average molecular weight is 468 g/mol. The van der Waals surface area contributed by atoms with Gasteiger partial charge in [-0.1, -0.05) is 23.9 Å². The summed E-state index contributed by atoms with van der Waals surface area (Å²) in [5.74, 6) is 0.00556. The summed E-state index contributed by atoms with van der Waals surface area (Å²) >= 11 is 4.27. The van der Waals surface area contributed by atoms with Crippen molar-refractivity contribution in [1.82, 2.24) is 9.55 Å². The summed E-state index contributed by atoms with van der Waals surface area (Å²) in [6.07, 6.45) is 2.00. The zero-order chi connectivity index (χ0) is 22.0. The van der Waals surface area contributed by atoms with Gasteiger partial charge >= 0.3 is 0 Å². The minimum Gasteiger partial charge on any atom is -0.325 e. The molecule has 0 fully saturated rings. The van der Waals surface area contributed by atoms with E-state index >= 15 is 0 Å². The minimum atomic E-state index is -0.144. The third kappa shape index (κ3) is 4.87. The number of carbonyl (C=O) groups is 1. The smallest absolute Gasteiger partial charge is 0.276 e. The molecular formula is C23H21N3O2S3.